The zero-order valence-electron chi connectivity index (χ0n) is 12.5. The van der Waals surface area contributed by atoms with Crippen molar-refractivity contribution < 1.29 is 35.5 Å². The lowest BCUT2D eigenvalue weighted by Gasteiger charge is -2.16. The molecule has 1 aromatic carbocycles. The van der Waals surface area contributed by atoms with E-state index in [1.807, 2.05) is 0 Å². The highest BCUT2D eigenvalue weighted by molar-refractivity contribution is 7.91. The van der Waals surface area contributed by atoms with Gasteiger partial charge in [-0.05, 0) is 29.8 Å². The van der Waals surface area contributed by atoms with Crippen molar-refractivity contribution in [2.45, 2.75) is 35.6 Å². The van der Waals surface area contributed by atoms with Crippen LogP contribution in [0.1, 0.15) is 23.0 Å². The fourth-order valence-electron chi connectivity index (χ4n) is 2.78. The Morgan fingerprint density at radius 3 is 2.64 bits per heavy atom. The smallest absolute Gasteiger partial charge is 0.341 e. The summed E-state index contributed by atoms with van der Waals surface area (Å²) in [5, 5.41) is 12.6. The Hall–Kier alpha value is -2.07. The Kier molecular flexibility index (Phi) is 4.28. The molecule has 0 aliphatic heterocycles. The molecule has 0 amide bonds. The number of benzene rings is 1. The van der Waals surface area contributed by atoms with Gasteiger partial charge in [0.05, 0.1) is 17.7 Å². The quantitative estimate of drug-likeness (QED) is 0.781. The number of alkyl halides is 4. The van der Waals surface area contributed by atoms with Gasteiger partial charge in [0, 0.05) is 17.7 Å². The minimum absolute atomic E-state index is 0.113. The summed E-state index contributed by atoms with van der Waals surface area (Å²) in [7, 11) is -5.13. The van der Waals surface area contributed by atoms with Crippen molar-refractivity contribution in [1.82, 2.24) is 0 Å². The maximum atomic E-state index is 13.9. The lowest BCUT2D eigenvalue weighted by Crippen LogP contribution is -2.23. The van der Waals surface area contributed by atoms with Gasteiger partial charge in [-0.15, -0.1) is 0 Å². The molecule has 0 spiro atoms. The van der Waals surface area contributed by atoms with Crippen LogP contribution in [0.5, 0.6) is 0 Å². The number of anilines is 1. The zero-order chi connectivity index (χ0) is 18.4. The molecule has 0 saturated carbocycles. The number of hydrogen-bond acceptors (Lipinski definition) is 5. The van der Waals surface area contributed by atoms with Crippen molar-refractivity contribution in [3.8, 4) is 0 Å². The minimum atomic E-state index is -5.13. The molecular formula is C15H13F4NO4S. The van der Waals surface area contributed by atoms with E-state index in [-0.39, 0.29) is 17.8 Å². The van der Waals surface area contributed by atoms with Crippen LogP contribution in [0.4, 0.5) is 23.2 Å². The molecular weight excluding hydrogens is 366 g/mol. The summed E-state index contributed by atoms with van der Waals surface area (Å²) >= 11 is 0. The number of sulfone groups is 1. The average Bonchev–Trinajstić information content (AvgIpc) is 3.12. The predicted molar refractivity (Wildman–Crippen MR) is 79.3 cm³/mol. The van der Waals surface area contributed by atoms with Gasteiger partial charge < -0.3 is 14.8 Å². The van der Waals surface area contributed by atoms with E-state index in [4.69, 9.17) is 4.42 Å². The maximum Gasteiger partial charge on any atom is 0.341 e. The number of aliphatic hydroxyl groups excluding tert-OH is 1. The second kappa shape index (κ2) is 6.03. The van der Waals surface area contributed by atoms with Gasteiger partial charge in [0.1, 0.15) is 11.9 Å². The summed E-state index contributed by atoms with van der Waals surface area (Å²) < 4.78 is 82.1. The third-order valence-electron chi connectivity index (χ3n) is 3.98. The highest BCUT2D eigenvalue weighted by atomic mass is 32.2. The Labute approximate surface area is 140 Å². The molecule has 25 heavy (non-hydrogen) atoms. The third-order valence-corrected chi connectivity index (χ3v) is 5.42. The van der Waals surface area contributed by atoms with Gasteiger partial charge in [0.25, 0.3) is 5.92 Å². The van der Waals surface area contributed by atoms with Crippen molar-refractivity contribution >= 4 is 15.5 Å². The second-order valence-corrected chi connectivity index (χ2v) is 7.47. The van der Waals surface area contributed by atoms with Crippen LogP contribution in [0, 0.1) is 0 Å². The summed E-state index contributed by atoms with van der Waals surface area (Å²) in [5.74, 6) is -6.94. The number of rotatable bonds is 5. The molecule has 5 nitrogen and oxygen atoms in total. The molecule has 1 heterocycles. The Morgan fingerprint density at radius 1 is 1.32 bits per heavy atom. The molecule has 136 valence electrons. The molecule has 2 N–H and O–H groups in total. The normalized spacial score (nSPS) is 19.2. The van der Waals surface area contributed by atoms with Gasteiger partial charge in [-0.2, -0.15) is 8.78 Å². The number of halogens is 4. The largest absolute Gasteiger partial charge is 0.467 e. The Bertz CT molecular complexity index is 881. The van der Waals surface area contributed by atoms with Crippen molar-refractivity contribution in [3.05, 3.63) is 47.4 Å². The molecule has 0 radical (unpaired) electrons. The van der Waals surface area contributed by atoms with Crippen LogP contribution in [0.15, 0.2) is 39.8 Å². The minimum Gasteiger partial charge on any atom is -0.467 e. The van der Waals surface area contributed by atoms with E-state index in [0.29, 0.717) is 5.76 Å². The molecule has 0 saturated heterocycles. The highest BCUT2D eigenvalue weighted by Gasteiger charge is 2.51. The van der Waals surface area contributed by atoms with Gasteiger partial charge in [0.2, 0.25) is 9.84 Å². The third kappa shape index (κ3) is 2.99. The highest BCUT2D eigenvalue weighted by Crippen LogP contribution is 2.48. The van der Waals surface area contributed by atoms with Crippen molar-refractivity contribution in [2.24, 2.45) is 0 Å². The molecule has 2 aromatic rings. The van der Waals surface area contributed by atoms with E-state index in [9.17, 15) is 31.1 Å². The van der Waals surface area contributed by atoms with Crippen molar-refractivity contribution in [3.63, 3.8) is 0 Å². The van der Waals surface area contributed by atoms with Crippen molar-refractivity contribution in [1.29, 1.82) is 0 Å². The van der Waals surface area contributed by atoms with Crippen LogP contribution in [-0.2, 0) is 22.8 Å². The average molecular weight is 379 g/mol. The van der Waals surface area contributed by atoms with Crippen LogP contribution in [0.25, 0.3) is 0 Å². The molecule has 1 aromatic heterocycles. The first kappa shape index (κ1) is 17.7. The number of aliphatic hydroxyl groups is 1. The molecule has 1 aliphatic carbocycles. The number of fused-ring (bicyclic) bond motifs is 1. The fraction of sp³-hybridized carbons (Fsp3) is 0.333. The second-order valence-electron chi connectivity index (χ2n) is 5.58. The summed E-state index contributed by atoms with van der Waals surface area (Å²) in [5.41, 5.74) is -0.767. The predicted octanol–water partition coefficient (Wildman–Crippen LogP) is 3.11. The van der Waals surface area contributed by atoms with Crippen LogP contribution in [0.2, 0.25) is 0 Å². The van der Waals surface area contributed by atoms with Gasteiger partial charge >= 0.3 is 5.76 Å². The molecule has 1 aliphatic rings. The monoisotopic (exact) mass is 379 g/mol. The summed E-state index contributed by atoms with van der Waals surface area (Å²) in [6.45, 7) is 0.113. The van der Waals surface area contributed by atoms with Crippen LogP contribution < -0.4 is 5.32 Å². The Balaban J connectivity index is 2.07. The number of furan rings is 1. The summed E-state index contributed by atoms with van der Waals surface area (Å²) in [6, 6.07) is 5.19. The zero-order valence-corrected chi connectivity index (χ0v) is 13.4. The molecule has 3 rings (SSSR count). The number of hydrogen-bond donors (Lipinski definition) is 2. The number of nitrogens with one attached hydrogen (secondary N) is 1. The van der Waals surface area contributed by atoms with Crippen LogP contribution in [-0.4, -0.2) is 25.2 Å². The molecule has 10 heteroatoms. The molecule has 1 atom stereocenters. The molecule has 0 unspecified atom stereocenters. The van der Waals surface area contributed by atoms with E-state index in [1.54, 1.807) is 12.1 Å². The van der Waals surface area contributed by atoms with Crippen LogP contribution >= 0.6 is 0 Å². The Morgan fingerprint density at radius 2 is 2.04 bits per heavy atom. The van der Waals surface area contributed by atoms with Gasteiger partial charge in [-0.25, -0.2) is 17.2 Å². The molecule has 0 fully saturated rings. The first-order chi connectivity index (χ1) is 11.6. The van der Waals surface area contributed by atoms with Crippen LogP contribution in [0.3, 0.4) is 0 Å². The van der Waals surface area contributed by atoms with E-state index >= 15 is 0 Å². The fourth-order valence-corrected chi connectivity index (χ4v) is 3.77. The maximum absolute atomic E-state index is 13.9. The SMILES string of the molecule is O=S(=O)(c1ccc(NCc2ccco2)c2c1[C@H](O)C(F)(F)C2)C(F)F. The summed E-state index contributed by atoms with van der Waals surface area (Å²) in [4.78, 5) is -0.981. The van der Waals surface area contributed by atoms with Gasteiger partial charge in [-0.1, -0.05) is 0 Å². The standard InChI is InChI=1S/C15H13F4NO4S/c16-14(17)25(22,23)11-4-3-10(20-7-8-2-1-5-24-8)9-6-15(18,19)13(21)12(9)11/h1-5,13-14,20-21H,6-7H2/t13-/m0/s1. The molecule has 0 bridgehead atoms. The van der Waals surface area contributed by atoms with E-state index in [0.717, 1.165) is 12.1 Å². The first-order valence-corrected chi connectivity index (χ1v) is 8.69. The van der Waals surface area contributed by atoms with E-state index in [2.05, 4.69) is 5.32 Å². The van der Waals surface area contributed by atoms with E-state index in [1.165, 1.54) is 6.26 Å². The topological polar surface area (TPSA) is 79.5 Å². The van der Waals surface area contributed by atoms with Crippen molar-refractivity contribution in [2.75, 3.05) is 5.32 Å². The van der Waals surface area contributed by atoms with Gasteiger partial charge in [-0.3, -0.25) is 0 Å². The first-order valence-electron chi connectivity index (χ1n) is 7.14. The summed E-state index contributed by atoms with van der Waals surface area (Å²) in [6.07, 6.45) is -2.02. The lowest BCUT2D eigenvalue weighted by atomic mass is 10.1. The van der Waals surface area contributed by atoms with E-state index < -0.39 is 44.5 Å². The lowest BCUT2D eigenvalue weighted by molar-refractivity contribution is -0.0976. The van der Waals surface area contributed by atoms with Gasteiger partial charge in [0.15, 0.2) is 0 Å².